The zero-order chi connectivity index (χ0) is 12.3. The van der Waals surface area contributed by atoms with Gasteiger partial charge < -0.3 is 0 Å². The third kappa shape index (κ3) is 3.53. The highest BCUT2D eigenvalue weighted by molar-refractivity contribution is 5.20. The summed E-state index contributed by atoms with van der Waals surface area (Å²) < 4.78 is 0. The van der Waals surface area contributed by atoms with Gasteiger partial charge in [0.2, 0.25) is 0 Å². The normalized spacial score (nSPS) is 18.8. The van der Waals surface area contributed by atoms with E-state index in [4.69, 9.17) is 0 Å². The molecular formula is C15H24N2. The van der Waals surface area contributed by atoms with E-state index in [-0.39, 0.29) is 0 Å². The first kappa shape index (κ1) is 12.6. The number of hydrogen-bond donors (Lipinski definition) is 0. The second kappa shape index (κ2) is 5.63. The van der Waals surface area contributed by atoms with Gasteiger partial charge in [0.25, 0.3) is 0 Å². The van der Waals surface area contributed by atoms with Crippen LogP contribution >= 0.6 is 0 Å². The van der Waals surface area contributed by atoms with Crippen LogP contribution in [0.2, 0.25) is 0 Å². The zero-order valence-corrected chi connectivity index (χ0v) is 11.3. The van der Waals surface area contributed by atoms with Crippen LogP contribution in [-0.4, -0.2) is 23.0 Å². The van der Waals surface area contributed by atoms with E-state index in [9.17, 15) is 0 Å². The van der Waals surface area contributed by atoms with Crippen LogP contribution in [0.5, 0.6) is 0 Å². The van der Waals surface area contributed by atoms with Crippen LogP contribution in [-0.2, 0) is 6.54 Å². The summed E-state index contributed by atoms with van der Waals surface area (Å²) in [6.07, 6.45) is 6.70. The van der Waals surface area contributed by atoms with E-state index in [1.54, 1.807) is 0 Å². The van der Waals surface area contributed by atoms with E-state index in [1.807, 2.05) is 12.4 Å². The van der Waals surface area contributed by atoms with Crippen molar-refractivity contribution in [2.24, 2.45) is 5.92 Å². The molecule has 2 rings (SSSR count). The van der Waals surface area contributed by atoms with Crippen molar-refractivity contribution in [1.82, 2.24) is 9.88 Å². The minimum Gasteiger partial charge on any atom is -0.299 e. The fourth-order valence-electron chi connectivity index (χ4n) is 2.39. The maximum absolute atomic E-state index is 4.36. The number of hydrogen-bond acceptors (Lipinski definition) is 2. The standard InChI is InChI=1S/C15H24N2/c1-12(2)15-8-14(9-16-10-15)11-17-6-4-13(3)5-7-17/h8-10,12-13H,4-7,11H2,1-3H3. The van der Waals surface area contributed by atoms with Crippen LogP contribution < -0.4 is 0 Å². The third-order valence-electron chi connectivity index (χ3n) is 3.77. The van der Waals surface area contributed by atoms with Gasteiger partial charge in [-0.1, -0.05) is 26.8 Å². The minimum absolute atomic E-state index is 0.573. The van der Waals surface area contributed by atoms with Gasteiger partial charge in [-0.05, 0) is 48.9 Å². The largest absolute Gasteiger partial charge is 0.299 e. The summed E-state index contributed by atoms with van der Waals surface area (Å²) in [5, 5.41) is 0. The van der Waals surface area contributed by atoms with Crippen LogP contribution in [0.1, 0.15) is 50.7 Å². The molecule has 1 aromatic heterocycles. The molecule has 2 nitrogen and oxygen atoms in total. The highest BCUT2D eigenvalue weighted by Crippen LogP contribution is 2.19. The lowest BCUT2D eigenvalue weighted by molar-refractivity contribution is 0.185. The second-order valence-corrected chi connectivity index (χ2v) is 5.74. The Hall–Kier alpha value is -0.890. The molecule has 1 aromatic rings. The Balaban J connectivity index is 1.96. The van der Waals surface area contributed by atoms with Crippen LogP contribution in [0, 0.1) is 5.92 Å². The van der Waals surface area contributed by atoms with Crippen molar-refractivity contribution in [3.63, 3.8) is 0 Å². The van der Waals surface area contributed by atoms with Crippen molar-refractivity contribution in [2.45, 2.75) is 46.1 Å². The third-order valence-corrected chi connectivity index (χ3v) is 3.77. The Morgan fingerprint density at radius 3 is 2.65 bits per heavy atom. The van der Waals surface area contributed by atoms with Gasteiger partial charge in [0, 0.05) is 18.9 Å². The average Bonchev–Trinajstić information content (AvgIpc) is 2.32. The first-order chi connectivity index (χ1) is 8.15. The molecule has 0 radical (unpaired) electrons. The molecule has 2 heteroatoms. The molecule has 0 aromatic carbocycles. The zero-order valence-electron chi connectivity index (χ0n) is 11.3. The van der Waals surface area contributed by atoms with Crippen molar-refractivity contribution in [2.75, 3.05) is 13.1 Å². The van der Waals surface area contributed by atoms with Gasteiger partial charge in [-0.25, -0.2) is 0 Å². The molecule has 0 spiro atoms. The predicted octanol–water partition coefficient (Wildman–Crippen LogP) is 3.44. The molecule has 0 saturated carbocycles. The number of piperidine rings is 1. The quantitative estimate of drug-likeness (QED) is 0.793. The van der Waals surface area contributed by atoms with Gasteiger partial charge in [-0.2, -0.15) is 0 Å². The molecule has 17 heavy (non-hydrogen) atoms. The van der Waals surface area contributed by atoms with Crippen molar-refractivity contribution < 1.29 is 0 Å². The maximum Gasteiger partial charge on any atom is 0.0313 e. The summed E-state index contributed by atoms with van der Waals surface area (Å²) in [6.45, 7) is 10.4. The lowest BCUT2D eigenvalue weighted by Crippen LogP contribution is -2.32. The summed E-state index contributed by atoms with van der Waals surface area (Å²) in [7, 11) is 0. The van der Waals surface area contributed by atoms with E-state index in [2.05, 4.69) is 36.7 Å². The van der Waals surface area contributed by atoms with Crippen LogP contribution in [0.15, 0.2) is 18.5 Å². The Labute approximate surface area is 105 Å². The SMILES string of the molecule is CC1CCN(Cc2cncc(C(C)C)c2)CC1. The van der Waals surface area contributed by atoms with Crippen molar-refractivity contribution in [1.29, 1.82) is 0 Å². The molecule has 0 N–H and O–H groups in total. The first-order valence-corrected chi connectivity index (χ1v) is 6.81. The maximum atomic E-state index is 4.36. The first-order valence-electron chi connectivity index (χ1n) is 6.81. The Bertz CT molecular complexity index is 352. The lowest BCUT2D eigenvalue weighted by atomic mass is 9.98. The minimum atomic E-state index is 0.573. The Morgan fingerprint density at radius 1 is 1.29 bits per heavy atom. The average molecular weight is 232 g/mol. The van der Waals surface area contributed by atoms with Crippen LogP contribution in [0.3, 0.4) is 0 Å². The predicted molar refractivity (Wildman–Crippen MR) is 72.0 cm³/mol. The molecule has 1 fully saturated rings. The van der Waals surface area contributed by atoms with Gasteiger partial charge in [-0.15, -0.1) is 0 Å². The molecule has 0 amide bonds. The van der Waals surface area contributed by atoms with E-state index in [0.29, 0.717) is 5.92 Å². The van der Waals surface area contributed by atoms with E-state index >= 15 is 0 Å². The lowest BCUT2D eigenvalue weighted by Gasteiger charge is -2.30. The second-order valence-electron chi connectivity index (χ2n) is 5.74. The van der Waals surface area contributed by atoms with E-state index in [1.165, 1.54) is 37.1 Å². The number of nitrogens with zero attached hydrogens (tertiary/aromatic N) is 2. The van der Waals surface area contributed by atoms with Crippen LogP contribution in [0.25, 0.3) is 0 Å². The number of likely N-dealkylation sites (tertiary alicyclic amines) is 1. The highest BCUT2D eigenvalue weighted by Gasteiger charge is 2.15. The summed E-state index contributed by atoms with van der Waals surface area (Å²) in [5.74, 6) is 1.48. The van der Waals surface area contributed by atoms with E-state index in [0.717, 1.165) is 12.5 Å². The molecule has 0 atom stereocenters. The summed E-state index contributed by atoms with van der Waals surface area (Å²) in [4.78, 5) is 6.92. The van der Waals surface area contributed by atoms with Crippen molar-refractivity contribution in [3.05, 3.63) is 29.6 Å². The molecule has 1 aliphatic rings. The smallest absolute Gasteiger partial charge is 0.0313 e. The fraction of sp³-hybridized carbons (Fsp3) is 0.667. The van der Waals surface area contributed by atoms with Gasteiger partial charge >= 0.3 is 0 Å². The fourth-order valence-corrected chi connectivity index (χ4v) is 2.39. The van der Waals surface area contributed by atoms with Gasteiger partial charge in [-0.3, -0.25) is 9.88 Å². The summed E-state index contributed by atoms with van der Waals surface area (Å²) >= 11 is 0. The Morgan fingerprint density at radius 2 is 2.00 bits per heavy atom. The molecule has 0 unspecified atom stereocenters. The van der Waals surface area contributed by atoms with Gasteiger partial charge in [0.1, 0.15) is 0 Å². The van der Waals surface area contributed by atoms with Gasteiger partial charge in [0.15, 0.2) is 0 Å². The van der Waals surface area contributed by atoms with E-state index < -0.39 is 0 Å². The summed E-state index contributed by atoms with van der Waals surface area (Å²) in [6, 6.07) is 2.32. The topological polar surface area (TPSA) is 16.1 Å². The highest BCUT2D eigenvalue weighted by atomic mass is 15.1. The number of pyridine rings is 1. The van der Waals surface area contributed by atoms with Crippen LogP contribution in [0.4, 0.5) is 0 Å². The van der Waals surface area contributed by atoms with Crippen molar-refractivity contribution in [3.8, 4) is 0 Å². The molecule has 2 heterocycles. The molecular weight excluding hydrogens is 208 g/mol. The Kier molecular flexibility index (Phi) is 4.16. The molecule has 94 valence electrons. The monoisotopic (exact) mass is 232 g/mol. The molecule has 1 aliphatic heterocycles. The summed E-state index contributed by atoms with van der Waals surface area (Å²) in [5.41, 5.74) is 2.72. The molecule has 1 saturated heterocycles. The number of aromatic nitrogens is 1. The molecule has 0 aliphatic carbocycles. The van der Waals surface area contributed by atoms with Gasteiger partial charge in [0.05, 0.1) is 0 Å². The van der Waals surface area contributed by atoms with Crippen molar-refractivity contribution >= 4 is 0 Å². The number of rotatable bonds is 3. The molecule has 0 bridgehead atoms.